The predicted octanol–water partition coefficient (Wildman–Crippen LogP) is 4.08. The largest absolute Gasteiger partial charge is 0.444 e. The Bertz CT molecular complexity index is 1200. The van der Waals surface area contributed by atoms with Crippen molar-refractivity contribution in [3.63, 3.8) is 0 Å². The van der Waals surface area contributed by atoms with Gasteiger partial charge in [0, 0.05) is 11.6 Å². The maximum atomic E-state index is 13.1. The molecular weight excluding hydrogens is 480 g/mol. The highest BCUT2D eigenvalue weighted by Crippen LogP contribution is 2.18. The van der Waals surface area contributed by atoms with Crippen molar-refractivity contribution in [3.8, 4) is 0 Å². The van der Waals surface area contributed by atoms with Gasteiger partial charge in [-0.25, -0.2) is 4.79 Å². The van der Waals surface area contributed by atoms with Crippen molar-refractivity contribution in [2.45, 2.75) is 63.8 Å². The highest BCUT2D eigenvalue weighted by Gasteiger charge is 2.28. The summed E-state index contributed by atoms with van der Waals surface area (Å²) in [6.45, 7) is 5.38. The number of amides is 2. The van der Waals surface area contributed by atoms with Crippen molar-refractivity contribution in [2.24, 2.45) is 0 Å². The molecule has 0 bridgehead atoms. The van der Waals surface area contributed by atoms with Crippen LogP contribution in [-0.2, 0) is 17.6 Å². The minimum absolute atomic E-state index is 0.190. The molecule has 8 heteroatoms. The van der Waals surface area contributed by atoms with Gasteiger partial charge in [0.1, 0.15) is 5.60 Å². The lowest BCUT2D eigenvalue weighted by atomic mass is 9.93. The van der Waals surface area contributed by atoms with E-state index in [1.807, 2.05) is 60.7 Å². The zero-order valence-electron chi connectivity index (χ0n) is 22.2. The summed E-state index contributed by atoms with van der Waals surface area (Å²) in [5.41, 5.74) is 14.0. The molecule has 38 heavy (non-hydrogen) atoms. The molecule has 0 spiro atoms. The van der Waals surface area contributed by atoms with E-state index >= 15 is 0 Å². The fourth-order valence-corrected chi connectivity index (χ4v) is 4.14. The van der Waals surface area contributed by atoms with Gasteiger partial charge in [-0.05, 0) is 69.4 Å². The minimum atomic E-state index is -0.978. The molecule has 0 aliphatic rings. The van der Waals surface area contributed by atoms with Gasteiger partial charge in [0.2, 0.25) is 0 Å². The fourth-order valence-electron chi connectivity index (χ4n) is 4.14. The van der Waals surface area contributed by atoms with E-state index < -0.39 is 29.9 Å². The number of nitrogens with two attached hydrogens (primary N) is 2. The van der Waals surface area contributed by atoms with Crippen LogP contribution in [0, 0.1) is 0 Å². The summed E-state index contributed by atoms with van der Waals surface area (Å²) in [6, 6.07) is 22.9. The Balaban J connectivity index is 1.81. The third-order valence-electron chi connectivity index (χ3n) is 6.00. The van der Waals surface area contributed by atoms with Crippen molar-refractivity contribution in [1.82, 2.24) is 10.6 Å². The van der Waals surface area contributed by atoms with Gasteiger partial charge < -0.3 is 31.9 Å². The van der Waals surface area contributed by atoms with E-state index in [-0.39, 0.29) is 12.3 Å². The second kappa shape index (κ2) is 13.0. The second-order valence-electron chi connectivity index (χ2n) is 10.4. The van der Waals surface area contributed by atoms with E-state index in [1.165, 1.54) is 6.07 Å². The number of nitrogen functional groups attached to an aromatic ring is 2. The summed E-state index contributed by atoms with van der Waals surface area (Å²) in [5, 5.41) is 17.3. The molecule has 0 saturated carbocycles. The lowest BCUT2D eigenvalue weighted by Gasteiger charge is -2.29. The monoisotopic (exact) mass is 518 g/mol. The van der Waals surface area contributed by atoms with Gasteiger partial charge in [0.15, 0.2) is 0 Å². The number of hydrogen-bond donors (Lipinski definition) is 5. The number of carbonyl (C=O) groups excluding carboxylic acids is 2. The van der Waals surface area contributed by atoms with E-state index in [9.17, 15) is 14.7 Å². The molecule has 0 aliphatic carbocycles. The van der Waals surface area contributed by atoms with Crippen LogP contribution in [0.3, 0.4) is 0 Å². The van der Waals surface area contributed by atoms with Gasteiger partial charge in [0.25, 0.3) is 5.91 Å². The zero-order valence-corrected chi connectivity index (χ0v) is 22.2. The molecule has 0 aromatic heterocycles. The van der Waals surface area contributed by atoms with Gasteiger partial charge in [-0.15, -0.1) is 0 Å². The molecule has 7 N–H and O–H groups in total. The molecule has 3 rings (SSSR count). The van der Waals surface area contributed by atoms with E-state index in [1.54, 1.807) is 32.9 Å². The topological polar surface area (TPSA) is 140 Å². The van der Waals surface area contributed by atoms with Crippen molar-refractivity contribution in [2.75, 3.05) is 11.5 Å². The number of hydrogen-bond acceptors (Lipinski definition) is 6. The Labute approximate surface area is 224 Å². The van der Waals surface area contributed by atoms with Crippen LogP contribution in [0.4, 0.5) is 16.2 Å². The molecule has 0 heterocycles. The summed E-state index contributed by atoms with van der Waals surface area (Å²) in [4.78, 5) is 25.7. The van der Waals surface area contributed by atoms with E-state index in [0.717, 1.165) is 11.1 Å². The third kappa shape index (κ3) is 9.12. The number of aliphatic hydroxyl groups excluding tert-OH is 1. The minimum Gasteiger partial charge on any atom is -0.444 e. The highest BCUT2D eigenvalue weighted by molar-refractivity contribution is 5.96. The van der Waals surface area contributed by atoms with Gasteiger partial charge in [-0.1, -0.05) is 60.7 Å². The Hall–Kier alpha value is -4.04. The number of anilines is 2. The van der Waals surface area contributed by atoms with Crippen LogP contribution in [0.15, 0.2) is 78.9 Å². The van der Waals surface area contributed by atoms with Crippen molar-refractivity contribution >= 4 is 23.4 Å². The summed E-state index contributed by atoms with van der Waals surface area (Å²) < 4.78 is 5.46. The van der Waals surface area contributed by atoms with E-state index in [2.05, 4.69) is 10.6 Å². The van der Waals surface area contributed by atoms with Crippen molar-refractivity contribution in [3.05, 3.63) is 95.6 Å². The molecular formula is C30H38N4O4. The summed E-state index contributed by atoms with van der Waals surface area (Å²) in [5.74, 6) is -0.378. The van der Waals surface area contributed by atoms with Crippen molar-refractivity contribution < 1.29 is 19.4 Å². The van der Waals surface area contributed by atoms with Crippen LogP contribution in [0.5, 0.6) is 0 Å². The molecule has 3 atom stereocenters. The van der Waals surface area contributed by atoms with Gasteiger partial charge >= 0.3 is 6.09 Å². The molecule has 0 fully saturated rings. The van der Waals surface area contributed by atoms with Crippen LogP contribution >= 0.6 is 0 Å². The smallest absolute Gasteiger partial charge is 0.407 e. The molecule has 2 amide bonds. The lowest BCUT2D eigenvalue weighted by Crippen LogP contribution is -2.49. The normalized spacial score (nSPS) is 13.7. The first-order chi connectivity index (χ1) is 18.0. The number of nitrogens with one attached hydrogen (secondary N) is 2. The standard InChI is InChI=1S/C30H38N4O4/c1-30(2,3)38-29(37)33-23(16-20-10-6-4-7-11-20)19-27(35)26(17-21-12-8-5-9-13-21)34-28(36)22-14-15-24(31)25(32)18-22/h4-15,18,23,26-27,35H,16-17,19,31-32H2,1-3H3,(H,33,37)(H,34,36). The Morgan fingerprint density at radius 1 is 0.842 bits per heavy atom. The maximum absolute atomic E-state index is 13.1. The van der Waals surface area contributed by atoms with Gasteiger partial charge in [-0.2, -0.15) is 0 Å². The third-order valence-corrected chi connectivity index (χ3v) is 6.00. The van der Waals surface area contributed by atoms with Crippen LogP contribution < -0.4 is 22.1 Å². The first-order valence-corrected chi connectivity index (χ1v) is 12.7. The summed E-state index contributed by atoms with van der Waals surface area (Å²) >= 11 is 0. The highest BCUT2D eigenvalue weighted by atomic mass is 16.6. The molecule has 0 saturated heterocycles. The first kappa shape index (κ1) is 28.5. The number of ether oxygens (including phenoxy) is 1. The van der Waals surface area contributed by atoms with Crippen molar-refractivity contribution in [1.29, 1.82) is 0 Å². The Kier molecular flexibility index (Phi) is 9.73. The Morgan fingerprint density at radius 2 is 1.42 bits per heavy atom. The fraction of sp³-hybridized carbons (Fsp3) is 0.333. The average Bonchev–Trinajstić information content (AvgIpc) is 2.85. The van der Waals surface area contributed by atoms with Crippen LogP contribution in [0.2, 0.25) is 0 Å². The number of alkyl carbamates (subject to hydrolysis) is 1. The van der Waals surface area contributed by atoms with Gasteiger partial charge in [0.05, 0.1) is 23.5 Å². The quantitative estimate of drug-likeness (QED) is 0.256. The SMILES string of the molecule is CC(C)(C)OC(=O)NC(Cc1ccccc1)CC(O)C(Cc1ccccc1)NC(=O)c1ccc(N)c(N)c1. The molecule has 3 unspecified atom stereocenters. The van der Waals surface area contributed by atoms with Gasteiger partial charge in [-0.3, -0.25) is 4.79 Å². The molecule has 0 radical (unpaired) electrons. The summed E-state index contributed by atoms with van der Waals surface area (Å²) in [7, 11) is 0. The predicted molar refractivity (Wildman–Crippen MR) is 151 cm³/mol. The first-order valence-electron chi connectivity index (χ1n) is 12.7. The number of rotatable bonds is 10. The van der Waals surface area contributed by atoms with E-state index in [0.29, 0.717) is 29.8 Å². The summed E-state index contributed by atoms with van der Waals surface area (Å²) in [6.07, 6.45) is -0.476. The molecule has 8 nitrogen and oxygen atoms in total. The second-order valence-corrected chi connectivity index (χ2v) is 10.4. The average molecular weight is 519 g/mol. The van der Waals surface area contributed by atoms with Crippen LogP contribution in [0.25, 0.3) is 0 Å². The number of carbonyl (C=O) groups is 2. The van der Waals surface area contributed by atoms with Crippen LogP contribution in [0.1, 0.15) is 48.7 Å². The molecule has 3 aromatic rings. The van der Waals surface area contributed by atoms with E-state index in [4.69, 9.17) is 16.2 Å². The lowest BCUT2D eigenvalue weighted by molar-refractivity contribution is 0.0463. The maximum Gasteiger partial charge on any atom is 0.407 e. The van der Waals surface area contributed by atoms with Crippen LogP contribution in [-0.4, -0.2) is 40.9 Å². The zero-order chi connectivity index (χ0) is 27.7. The number of benzene rings is 3. The molecule has 0 aliphatic heterocycles. The number of aliphatic hydroxyl groups is 1. The molecule has 202 valence electrons. The Morgan fingerprint density at radius 3 is 1.97 bits per heavy atom. The molecule has 3 aromatic carbocycles.